The second kappa shape index (κ2) is 7.88. The summed E-state index contributed by atoms with van der Waals surface area (Å²) < 4.78 is 6.68. The number of carbonyl (C=O) groups is 2. The number of fused-ring (bicyclic) bond motifs is 1. The van der Waals surface area contributed by atoms with Crippen molar-refractivity contribution in [1.29, 1.82) is 0 Å². The van der Waals surface area contributed by atoms with Gasteiger partial charge >= 0.3 is 5.97 Å². The molecule has 0 radical (unpaired) electrons. The molecule has 0 unspecified atom stereocenters. The topological polar surface area (TPSA) is 99.0 Å². The van der Waals surface area contributed by atoms with Gasteiger partial charge in [-0.2, -0.15) is 0 Å². The number of carbonyl (C=O) groups excluding carboxylic acids is 2. The highest BCUT2D eigenvalue weighted by molar-refractivity contribution is 5.96. The van der Waals surface area contributed by atoms with Crippen LogP contribution in [0, 0.1) is 6.92 Å². The molecule has 32 heavy (non-hydrogen) atoms. The van der Waals surface area contributed by atoms with Crippen molar-refractivity contribution in [2.75, 3.05) is 7.11 Å². The van der Waals surface area contributed by atoms with Gasteiger partial charge in [0.15, 0.2) is 5.65 Å². The van der Waals surface area contributed by atoms with Crippen LogP contribution in [0.2, 0.25) is 0 Å². The van der Waals surface area contributed by atoms with Crippen molar-refractivity contribution in [2.24, 2.45) is 0 Å². The molecule has 8 nitrogen and oxygen atoms in total. The molecule has 8 heteroatoms. The zero-order valence-electron chi connectivity index (χ0n) is 17.7. The third-order valence-electron chi connectivity index (χ3n) is 5.53. The van der Waals surface area contributed by atoms with Crippen LogP contribution in [-0.4, -0.2) is 44.5 Å². The molecule has 1 fully saturated rings. The molecular formula is C24H21N5O3. The van der Waals surface area contributed by atoms with Crippen LogP contribution in [-0.2, 0) is 4.74 Å². The summed E-state index contributed by atoms with van der Waals surface area (Å²) in [6.07, 6.45) is 5.22. The van der Waals surface area contributed by atoms with E-state index in [0.29, 0.717) is 28.0 Å². The number of hydrogen-bond acceptors (Lipinski definition) is 6. The number of ether oxygens (including phenoxy) is 1. The van der Waals surface area contributed by atoms with E-state index in [-0.39, 0.29) is 11.9 Å². The van der Waals surface area contributed by atoms with Crippen molar-refractivity contribution in [1.82, 2.24) is 24.8 Å². The second-order valence-corrected chi connectivity index (χ2v) is 7.83. The smallest absolute Gasteiger partial charge is 0.337 e. The molecule has 5 rings (SSSR count). The lowest BCUT2D eigenvalue weighted by molar-refractivity contribution is 0.0600. The standard InChI is InChI=1S/C24H21N5O3/c1-14-6-7-16(23(30)28-18-8-9-18)11-19(14)29-13-27-21-20(25-12-26-22(21)29)15-4-3-5-17(10-15)24(31)32-2/h3-7,10-13,18H,8-9H2,1-2H3,(H,28,30). The Balaban J connectivity index is 1.58. The number of methoxy groups -OCH3 is 1. The Morgan fingerprint density at radius 1 is 1.06 bits per heavy atom. The zero-order valence-corrected chi connectivity index (χ0v) is 17.7. The van der Waals surface area contributed by atoms with Crippen molar-refractivity contribution < 1.29 is 14.3 Å². The largest absolute Gasteiger partial charge is 0.465 e. The monoisotopic (exact) mass is 427 g/mol. The zero-order chi connectivity index (χ0) is 22.2. The van der Waals surface area contributed by atoms with E-state index in [2.05, 4.69) is 20.3 Å². The molecule has 0 aliphatic heterocycles. The molecule has 2 aromatic heterocycles. The highest BCUT2D eigenvalue weighted by atomic mass is 16.5. The Morgan fingerprint density at radius 3 is 2.69 bits per heavy atom. The van der Waals surface area contributed by atoms with Gasteiger partial charge in [-0.1, -0.05) is 18.2 Å². The van der Waals surface area contributed by atoms with Gasteiger partial charge in [0.05, 0.1) is 18.4 Å². The molecule has 1 saturated carbocycles. The molecule has 0 spiro atoms. The fourth-order valence-electron chi connectivity index (χ4n) is 3.64. The molecule has 1 aliphatic rings. The van der Waals surface area contributed by atoms with E-state index in [1.807, 2.05) is 35.8 Å². The van der Waals surface area contributed by atoms with Gasteiger partial charge < -0.3 is 10.1 Å². The Labute approximate surface area is 184 Å². The molecule has 0 saturated heterocycles. The molecule has 0 atom stereocenters. The van der Waals surface area contributed by atoms with Crippen LogP contribution in [0.1, 0.15) is 39.1 Å². The lowest BCUT2D eigenvalue weighted by Gasteiger charge is -2.11. The summed E-state index contributed by atoms with van der Waals surface area (Å²) in [4.78, 5) is 37.9. The van der Waals surface area contributed by atoms with Crippen molar-refractivity contribution in [3.05, 3.63) is 71.8 Å². The third-order valence-corrected chi connectivity index (χ3v) is 5.53. The van der Waals surface area contributed by atoms with Gasteiger partial charge in [-0.3, -0.25) is 9.36 Å². The summed E-state index contributed by atoms with van der Waals surface area (Å²) in [5.74, 6) is -0.493. The highest BCUT2D eigenvalue weighted by Crippen LogP contribution is 2.28. The summed E-state index contributed by atoms with van der Waals surface area (Å²) in [5.41, 5.74) is 5.40. The average molecular weight is 427 g/mol. The van der Waals surface area contributed by atoms with Crippen molar-refractivity contribution >= 4 is 23.0 Å². The summed E-state index contributed by atoms with van der Waals surface area (Å²) in [7, 11) is 1.35. The van der Waals surface area contributed by atoms with E-state index in [1.165, 1.54) is 13.4 Å². The number of benzene rings is 2. The van der Waals surface area contributed by atoms with Crippen LogP contribution in [0.5, 0.6) is 0 Å². The number of rotatable bonds is 5. The highest BCUT2D eigenvalue weighted by Gasteiger charge is 2.24. The Bertz CT molecular complexity index is 1360. The van der Waals surface area contributed by atoms with Gasteiger partial charge in [0, 0.05) is 17.2 Å². The Hall–Kier alpha value is -4.07. The summed E-state index contributed by atoms with van der Waals surface area (Å²) in [5, 5.41) is 3.02. The minimum atomic E-state index is -0.417. The Morgan fingerprint density at radius 2 is 1.91 bits per heavy atom. The molecule has 1 aliphatic carbocycles. The molecule has 4 aromatic rings. The summed E-state index contributed by atoms with van der Waals surface area (Å²) >= 11 is 0. The summed E-state index contributed by atoms with van der Waals surface area (Å²) in [6.45, 7) is 1.98. The maximum atomic E-state index is 12.5. The lowest BCUT2D eigenvalue weighted by atomic mass is 10.1. The first-order valence-electron chi connectivity index (χ1n) is 10.3. The molecular weight excluding hydrogens is 406 g/mol. The van der Waals surface area contributed by atoms with E-state index >= 15 is 0 Å². The number of imidazole rings is 1. The van der Waals surface area contributed by atoms with Gasteiger partial charge in [-0.15, -0.1) is 0 Å². The lowest BCUT2D eigenvalue weighted by Crippen LogP contribution is -2.25. The van der Waals surface area contributed by atoms with Gasteiger partial charge in [-0.25, -0.2) is 19.7 Å². The predicted molar refractivity (Wildman–Crippen MR) is 119 cm³/mol. The maximum absolute atomic E-state index is 12.5. The van der Waals surface area contributed by atoms with Gasteiger partial charge in [0.2, 0.25) is 0 Å². The number of aromatic nitrogens is 4. The third kappa shape index (κ3) is 3.60. The minimum Gasteiger partial charge on any atom is -0.465 e. The fraction of sp³-hybridized carbons (Fsp3) is 0.208. The normalized spacial score (nSPS) is 13.2. The van der Waals surface area contributed by atoms with Gasteiger partial charge in [0.25, 0.3) is 5.91 Å². The van der Waals surface area contributed by atoms with E-state index in [1.54, 1.807) is 24.5 Å². The maximum Gasteiger partial charge on any atom is 0.337 e. The van der Waals surface area contributed by atoms with Crippen LogP contribution in [0.3, 0.4) is 0 Å². The van der Waals surface area contributed by atoms with Crippen LogP contribution >= 0.6 is 0 Å². The average Bonchev–Trinajstić information content (AvgIpc) is 3.53. The fourth-order valence-corrected chi connectivity index (χ4v) is 3.64. The van der Waals surface area contributed by atoms with Crippen LogP contribution in [0.4, 0.5) is 0 Å². The number of amides is 1. The van der Waals surface area contributed by atoms with E-state index in [4.69, 9.17) is 4.74 Å². The van der Waals surface area contributed by atoms with Gasteiger partial charge in [0.1, 0.15) is 23.9 Å². The first-order valence-corrected chi connectivity index (χ1v) is 10.3. The number of esters is 1. The van der Waals surface area contributed by atoms with Crippen molar-refractivity contribution in [3.63, 3.8) is 0 Å². The molecule has 0 bridgehead atoms. The molecule has 160 valence electrons. The number of aryl methyl sites for hydroxylation is 1. The Kier molecular flexibility index (Phi) is 4.89. The molecule has 1 amide bonds. The van der Waals surface area contributed by atoms with E-state index in [9.17, 15) is 9.59 Å². The van der Waals surface area contributed by atoms with Crippen LogP contribution in [0.15, 0.2) is 55.1 Å². The number of nitrogens with one attached hydrogen (secondary N) is 1. The van der Waals surface area contributed by atoms with E-state index in [0.717, 1.165) is 29.7 Å². The number of nitrogens with zero attached hydrogens (tertiary/aromatic N) is 4. The second-order valence-electron chi connectivity index (χ2n) is 7.83. The van der Waals surface area contributed by atoms with Crippen LogP contribution in [0.25, 0.3) is 28.1 Å². The first kappa shape index (κ1) is 19.9. The van der Waals surface area contributed by atoms with Crippen LogP contribution < -0.4 is 5.32 Å². The molecule has 1 N–H and O–H groups in total. The quantitative estimate of drug-likeness (QED) is 0.490. The predicted octanol–water partition coefficient (Wildman–Crippen LogP) is 3.47. The SMILES string of the molecule is COC(=O)c1cccc(-c2ncnc3c2ncn3-c2cc(C(=O)NC3CC3)ccc2C)c1. The van der Waals surface area contributed by atoms with E-state index < -0.39 is 5.97 Å². The minimum absolute atomic E-state index is 0.0758. The first-order chi connectivity index (χ1) is 15.5. The van der Waals surface area contributed by atoms with Crippen molar-refractivity contribution in [3.8, 4) is 16.9 Å². The van der Waals surface area contributed by atoms with Crippen molar-refractivity contribution in [2.45, 2.75) is 25.8 Å². The number of hydrogen-bond donors (Lipinski definition) is 1. The van der Waals surface area contributed by atoms with Gasteiger partial charge in [-0.05, 0) is 49.6 Å². The summed E-state index contributed by atoms with van der Waals surface area (Å²) in [6, 6.07) is 12.9. The molecule has 2 aromatic carbocycles. The molecule has 2 heterocycles.